The standard InChI is InChI=1S/C23H24ClNO5/c1-14(2)30-12-11-25-20(15-7-9-17(24)10-8-15)19(22(27)23(25)28)21(26)16-5-4-6-18(13-16)29-3/h4-10,13-14,20,26H,11-12H2,1-3H3/b21-19-. The first kappa shape index (κ1) is 21.9. The number of hydrogen-bond acceptors (Lipinski definition) is 5. The lowest BCUT2D eigenvalue weighted by molar-refractivity contribution is -0.140. The minimum absolute atomic E-state index is 0.00686. The van der Waals surface area contributed by atoms with Gasteiger partial charge < -0.3 is 19.5 Å². The van der Waals surface area contributed by atoms with Crippen LogP contribution in [0.2, 0.25) is 5.02 Å². The summed E-state index contributed by atoms with van der Waals surface area (Å²) < 4.78 is 10.8. The molecule has 1 aliphatic rings. The predicted molar refractivity (Wildman–Crippen MR) is 115 cm³/mol. The molecule has 1 amide bonds. The number of ketones is 1. The van der Waals surface area contributed by atoms with Crippen LogP contribution >= 0.6 is 11.6 Å². The van der Waals surface area contributed by atoms with E-state index in [0.717, 1.165) is 0 Å². The molecular weight excluding hydrogens is 406 g/mol. The minimum atomic E-state index is -0.746. The van der Waals surface area contributed by atoms with Crippen molar-refractivity contribution >= 4 is 29.1 Å². The number of benzene rings is 2. The van der Waals surface area contributed by atoms with Gasteiger partial charge in [0.1, 0.15) is 11.5 Å². The van der Waals surface area contributed by atoms with Crippen molar-refractivity contribution in [2.24, 2.45) is 0 Å². The molecular formula is C23H24ClNO5. The summed E-state index contributed by atoms with van der Waals surface area (Å²) in [5.41, 5.74) is 1.09. The molecule has 1 fully saturated rings. The van der Waals surface area contributed by atoms with Gasteiger partial charge in [-0.25, -0.2) is 0 Å². The van der Waals surface area contributed by atoms with Gasteiger partial charge in [-0.3, -0.25) is 9.59 Å². The Bertz CT molecular complexity index is 968. The molecule has 30 heavy (non-hydrogen) atoms. The summed E-state index contributed by atoms with van der Waals surface area (Å²) in [6, 6.07) is 12.8. The SMILES string of the molecule is COc1cccc(/C(O)=C2/C(=O)C(=O)N(CCOC(C)C)C2c2ccc(Cl)cc2)c1. The second-order valence-electron chi connectivity index (χ2n) is 7.20. The monoisotopic (exact) mass is 429 g/mol. The number of hydrogen-bond donors (Lipinski definition) is 1. The van der Waals surface area contributed by atoms with Crippen LogP contribution in [0.25, 0.3) is 5.76 Å². The second-order valence-corrected chi connectivity index (χ2v) is 7.63. The van der Waals surface area contributed by atoms with Crippen LogP contribution in [0.15, 0.2) is 54.1 Å². The van der Waals surface area contributed by atoms with Crippen molar-refractivity contribution in [1.29, 1.82) is 0 Å². The predicted octanol–water partition coefficient (Wildman–Crippen LogP) is 4.20. The average molecular weight is 430 g/mol. The normalized spacial score (nSPS) is 18.3. The molecule has 0 spiro atoms. The van der Waals surface area contributed by atoms with Gasteiger partial charge in [0, 0.05) is 17.1 Å². The van der Waals surface area contributed by atoms with E-state index in [1.54, 1.807) is 48.5 Å². The number of nitrogens with zero attached hydrogens (tertiary/aromatic N) is 1. The molecule has 0 bridgehead atoms. The quantitative estimate of drug-likeness (QED) is 0.405. The van der Waals surface area contributed by atoms with E-state index in [2.05, 4.69) is 0 Å². The van der Waals surface area contributed by atoms with E-state index in [1.807, 2.05) is 13.8 Å². The van der Waals surface area contributed by atoms with E-state index in [9.17, 15) is 14.7 Å². The van der Waals surface area contributed by atoms with Gasteiger partial charge in [-0.05, 0) is 43.7 Å². The molecule has 7 heteroatoms. The average Bonchev–Trinajstić information content (AvgIpc) is 2.98. The van der Waals surface area contributed by atoms with E-state index in [4.69, 9.17) is 21.1 Å². The zero-order chi connectivity index (χ0) is 21.8. The van der Waals surface area contributed by atoms with Crippen molar-refractivity contribution in [1.82, 2.24) is 4.90 Å². The third-order valence-corrected chi connectivity index (χ3v) is 5.10. The van der Waals surface area contributed by atoms with Crippen LogP contribution in [0.1, 0.15) is 31.0 Å². The Morgan fingerprint density at radius 3 is 2.50 bits per heavy atom. The van der Waals surface area contributed by atoms with Crippen molar-refractivity contribution < 1.29 is 24.2 Å². The first-order valence-electron chi connectivity index (χ1n) is 9.63. The number of carbonyl (C=O) groups excluding carboxylic acids is 2. The smallest absolute Gasteiger partial charge is 0.295 e. The molecule has 0 aliphatic carbocycles. The number of carbonyl (C=O) groups is 2. The van der Waals surface area contributed by atoms with E-state index in [-0.39, 0.29) is 30.6 Å². The molecule has 1 saturated heterocycles. The van der Waals surface area contributed by atoms with E-state index in [1.165, 1.54) is 12.0 Å². The molecule has 3 rings (SSSR count). The van der Waals surface area contributed by atoms with Gasteiger partial charge in [-0.15, -0.1) is 0 Å². The van der Waals surface area contributed by atoms with Crippen LogP contribution in [0.4, 0.5) is 0 Å². The fourth-order valence-corrected chi connectivity index (χ4v) is 3.54. The molecule has 1 atom stereocenters. The van der Waals surface area contributed by atoms with E-state index < -0.39 is 17.7 Å². The van der Waals surface area contributed by atoms with E-state index in [0.29, 0.717) is 21.9 Å². The van der Waals surface area contributed by atoms with Gasteiger partial charge in [0.2, 0.25) is 0 Å². The number of methoxy groups -OCH3 is 1. The van der Waals surface area contributed by atoms with Gasteiger partial charge in [-0.1, -0.05) is 35.9 Å². The lowest BCUT2D eigenvalue weighted by atomic mass is 9.95. The summed E-state index contributed by atoms with van der Waals surface area (Å²) in [6.07, 6.45) is -0.00686. The van der Waals surface area contributed by atoms with Crippen LogP contribution in [-0.2, 0) is 14.3 Å². The van der Waals surface area contributed by atoms with Gasteiger partial charge in [-0.2, -0.15) is 0 Å². The Morgan fingerprint density at radius 2 is 1.87 bits per heavy atom. The minimum Gasteiger partial charge on any atom is -0.507 e. The van der Waals surface area contributed by atoms with Crippen molar-refractivity contribution in [2.75, 3.05) is 20.3 Å². The fourth-order valence-electron chi connectivity index (χ4n) is 3.41. The lowest BCUT2D eigenvalue weighted by Crippen LogP contribution is -2.33. The maximum Gasteiger partial charge on any atom is 0.295 e. The van der Waals surface area contributed by atoms with Crippen LogP contribution in [0, 0.1) is 0 Å². The molecule has 0 saturated carbocycles. The van der Waals surface area contributed by atoms with Crippen LogP contribution in [0.3, 0.4) is 0 Å². The van der Waals surface area contributed by atoms with Crippen molar-refractivity contribution in [2.45, 2.75) is 26.0 Å². The van der Waals surface area contributed by atoms with Gasteiger partial charge in [0.25, 0.3) is 11.7 Å². The molecule has 2 aromatic rings. The van der Waals surface area contributed by atoms with Crippen LogP contribution in [-0.4, -0.2) is 48.1 Å². The molecule has 2 aromatic carbocycles. The number of rotatable bonds is 7. The summed E-state index contributed by atoms with van der Waals surface area (Å²) in [6.45, 7) is 4.28. The third-order valence-electron chi connectivity index (χ3n) is 4.85. The third kappa shape index (κ3) is 4.50. The molecule has 6 nitrogen and oxygen atoms in total. The van der Waals surface area contributed by atoms with Gasteiger partial charge >= 0.3 is 0 Å². The number of likely N-dealkylation sites (tertiary alicyclic amines) is 1. The van der Waals surface area contributed by atoms with Crippen LogP contribution in [0.5, 0.6) is 5.75 Å². The highest BCUT2D eigenvalue weighted by Gasteiger charge is 2.45. The first-order valence-corrected chi connectivity index (χ1v) is 10.0. The molecule has 1 heterocycles. The molecule has 1 aliphatic heterocycles. The zero-order valence-corrected chi connectivity index (χ0v) is 17.8. The van der Waals surface area contributed by atoms with Gasteiger partial charge in [0.15, 0.2) is 0 Å². The topological polar surface area (TPSA) is 76.1 Å². The Labute approximate surface area is 180 Å². The molecule has 158 valence electrons. The Balaban J connectivity index is 2.09. The maximum absolute atomic E-state index is 12.9. The molecule has 1 N–H and O–H groups in total. The molecule has 0 radical (unpaired) electrons. The zero-order valence-electron chi connectivity index (χ0n) is 17.1. The highest BCUT2D eigenvalue weighted by molar-refractivity contribution is 6.46. The molecule has 0 aromatic heterocycles. The summed E-state index contributed by atoms with van der Waals surface area (Å²) in [7, 11) is 1.51. The number of aliphatic hydroxyl groups excluding tert-OH is 1. The number of halogens is 1. The number of amides is 1. The number of aliphatic hydroxyl groups is 1. The van der Waals surface area contributed by atoms with Crippen molar-refractivity contribution in [3.05, 3.63) is 70.3 Å². The highest BCUT2D eigenvalue weighted by Crippen LogP contribution is 2.39. The van der Waals surface area contributed by atoms with Crippen molar-refractivity contribution in [3.63, 3.8) is 0 Å². The summed E-state index contributed by atoms with van der Waals surface area (Å²) >= 11 is 6.02. The Hall–Kier alpha value is -2.83. The summed E-state index contributed by atoms with van der Waals surface area (Å²) in [4.78, 5) is 27.2. The van der Waals surface area contributed by atoms with Crippen molar-refractivity contribution in [3.8, 4) is 5.75 Å². The highest BCUT2D eigenvalue weighted by atomic mass is 35.5. The fraction of sp³-hybridized carbons (Fsp3) is 0.304. The van der Waals surface area contributed by atoms with Gasteiger partial charge in [0.05, 0.1) is 31.4 Å². The Kier molecular flexibility index (Phi) is 6.80. The lowest BCUT2D eigenvalue weighted by Gasteiger charge is -2.25. The maximum atomic E-state index is 12.9. The Morgan fingerprint density at radius 1 is 1.17 bits per heavy atom. The second kappa shape index (κ2) is 9.32. The number of ether oxygens (including phenoxy) is 2. The number of Topliss-reactive ketones (excluding diaryl/α,β-unsaturated/α-hetero) is 1. The van der Waals surface area contributed by atoms with Crippen LogP contribution < -0.4 is 4.74 Å². The first-order chi connectivity index (χ1) is 14.3. The van der Waals surface area contributed by atoms with E-state index >= 15 is 0 Å². The summed E-state index contributed by atoms with van der Waals surface area (Å²) in [5.74, 6) is -1.13. The largest absolute Gasteiger partial charge is 0.507 e. The molecule has 1 unspecified atom stereocenters. The summed E-state index contributed by atoms with van der Waals surface area (Å²) in [5, 5.41) is 11.5.